The third kappa shape index (κ3) is 2.75. The highest BCUT2D eigenvalue weighted by molar-refractivity contribution is 5.01. The quantitative estimate of drug-likeness (QED) is 0.769. The Kier molecular flexibility index (Phi) is 3.43. The van der Waals surface area contributed by atoms with Gasteiger partial charge in [-0.2, -0.15) is 0 Å². The lowest BCUT2D eigenvalue weighted by Crippen LogP contribution is -2.36. The average molecular weight is 193 g/mol. The van der Waals surface area contributed by atoms with Crippen molar-refractivity contribution in [3.8, 4) is 0 Å². The maximum absolute atomic E-state index is 5.38. The molecule has 0 spiro atoms. The molecule has 0 aliphatic carbocycles. The number of nitrogens with one attached hydrogen (secondary N) is 1. The molecule has 1 aromatic rings. The summed E-state index contributed by atoms with van der Waals surface area (Å²) < 4.78 is 5.38. The molecule has 76 valence electrons. The van der Waals surface area contributed by atoms with Gasteiger partial charge in [-0.1, -0.05) is 0 Å². The van der Waals surface area contributed by atoms with Crippen molar-refractivity contribution in [3.05, 3.63) is 24.3 Å². The second-order valence-corrected chi connectivity index (χ2v) is 3.54. The SMILES string of the molecule is c1ncc(CNC2CCCOC2)cn1. The van der Waals surface area contributed by atoms with Crippen molar-refractivity contribution in [2.45, 2.75) is 25.4 Å². The van der Waals surface area contributed by atoms with Gasteiger partial charge in [-0.25, -0.2) is 9.97 Å². The molecule has 1 atom stereocenters. The molecular weight excluding hydrogens is 178 g/mol. The molecule has 0 amide bonds. The summed E-state index contributed by atoms with van der Waals surface area (Å²) in [4.78, 5) is 7.93. The first-order chi connectivity index (χ1) is 6.95. The van der Waals surface area contributed by atoms with E-state index in [-0.39, 0.29) is 0 Å². The van der Waals surface area contributed by atoms with Crippen LogP contribution in [-0.4, -0.2) is 29.2 Å². The van der Waals surface area contributed by atoms with Gasteiger partial charge in [-0.3, -0.25) is 0 Å². The summed E-state index contributed by atoms with van der Waals surface area (Å²) in [5.41, 5.74) is 1.12. The molecule has 2 rings (SSSR count). The predicted molar refractivity (Wildman–Crippen MR) is 52.7 cm³/mol. The van der Waals surface area contributed by atoms with Crippen LogP contribution in [0.25, 0.3) is 0 Å². The Hall–Kier alpha value is -1.00. The summed E-state index contributed by atoms with van der Waals surface area (Å²) in [6.07, 6.45) is 7.58. The molecule has 0 bridgehead atoms. The maximum atomic E-state index is 5.38. The summed E-state index contributed by atoms with van der Waals surface area (Å²) in [6, 6.07) is 0.490. The Morgan fingerprint density at radius 1 is 1.43 bits per heavy atom. The van der Waals surface area contributed by atoms with Crippen LogP contribution in [0.15, 0.2) is 18.7 Å². The fourth-order valence-electron chi connectivity index (χ4n) is 1.59. The molecule has 1 aromatic heterocycles. The Bertz CT molecular complexity index is 259. The molecule has 4 heteroatoms. The Labute approximate surface area is 83.7 Å². The zero-order valence-corrected chi connectivity index (χ0v) is 8.15. The summed E-state index contributed by atoms with van der Waals surface area (Å²) >= 11 is 0. The van der Waals surface area contributed by atoms with Gasteiger partial charge in [-0.05, 0) is 12.8 Å². The Morgan fingerprint density at radius 2 is 2.29 bits per heavy atom. The van der Waals surface area contributed by atoms with Gasteiger partial charge in [0.15, 0.2) is 0 Å². The van der Waals surface area contributed by atoms with Gasteiger partial charge in [0, 0.05) is 37.2 Å². The van der Waals surface area contributed by atoms with Gasteiger partial charge < -0.3 is 10.1 Å². The van der Waals surface area contributed by atoms with E-state index < -0.39 is 0 Å². The highest BCUT2D eigenvalue weighted by Crippen LogP contribution is 2.06. The molecule has 14 heavy (non-hydrogen) atoms. The maximum Gasteiger partial charge on any atom is 0.115 e. The molecule has 1 aliphatic heterocycles. The molecule has 1 fully saturated rings. The molecule has 1 unspecified atom stereocenters. The number of hydrogen-bond acceptors (Lipinski definition) is 4. The van der Waals surface area contributed by atoms with Crippen LogP contribution in [0.5, 0.6) is 0 Å². The Balaban J connectivity index is 1.76. The van der Waals surface area contributed by atoms with Crippen LogP contribution < -0.4 is 5.32 Å². The largest absolute Gasteiger partial charge is 0.380 e. The van der Waals surface area contributed by atoms with Crippen LogP contribution in [0.2, 0.25) is 0 Å². The minimum Gasteiger partial charge on any atom is -0.380 e. The molecule has 0 saturated carbocycles. The first-order valence-electron chi connectivity index (χ1n) is 5.00. The number of nitrogens with zero attached hydrogens (tertiary/aromatic N) is 2. The first kappa shape index (κ1) is 9.55. The lowest BCUT2D eigenvalue weighted by atomic mass is 10.1. The summed E-state index contributed by atoms with van der Waals surface area (Å²) in [5, 5.41) is 3.43. The van der Waals surface area contributed by atoms with E-state index >= 15 is 0 Å². The number of hydrogen-bond donors (Lipinski definition) is 1. The van der Waals surface area contributed by atoms with E-state index in [2.05, 4.69) is 15.3 Å². The van der Waals surface area contributed by atoms with Gasteiger partial charge >= 0.3 is 0 Å². The monoisotopic (exact) mass is 193 g/mol. The first-order valence-corrected chi connectivity index (χ1v) is 5.00. The molecule has 2 heterocycles. The van der Waals surface area contributed by atoms with Crippen LogP contribution in [0.1, 0.15) is 18.4 Å². The van der Waals surface area contributed by atoms with Crippen LogP contribution in [-0.2, 0) is 11.3 Å². The van der Waals surface area contributed by atoms with Crippen molar-refractivity contribution in [3.63, 3.8) is 0 Å². The number of rotatable bonds is 3. The van der Waals surface area contributed by atoms with Crippen LogP contribution in [0.3, 0.4) is 0 Å². The van der Waals surface area contributed by atoms with Crippen molar-refractivity contribution in [1.29, 1.82) is 0 Å². The van der Waals surface area contributed by atoms with Crippen LogP contribution >= 0.6 is 0 Å². The van der Waals surface area contributed by atoms with Crippen molar-refractivity contribution in [1.82, 2.24) is 15.3 Å². The lowest BCUT2D eigenvalue weighted by molar-refractivity contribution is 0.0699. The zero-order chi connectivity index (χ0) is 9.64. The fourth-order valence-corrected chi connectivity index (χ4v) is 1.59. The molecule has 1 N–H and O–H groups in total. The van der Waals surface area contributed by atoms with Gasteiger partial charge in [0.2, 0.25) is 0 Å². The van der Waals surface area contributed by atoms with E-state index in [1.54, 1.807) is 6.33 Å². The lowest BCUT2D eigenvalue weighted by Gasteiger charge is -2.23. The molecular formula is C10H15N3O. The van der Waals surface area contributed by atoms with Crippen molar-refractivity contribution in [2.75, 3.05) is 13.2 Å². The van der Waals surface area contributed by atoms with Crippen LogP contribution in [0, 0.1) is 0 Å². The van der Waals surface area contributed by atoms with E-state index in [0.717, 1.165) is 31.7 Å². The molecule has 1 saturated heterocycles. The van der Waals surface area contributed by atoms with Gasteiger partial charge in [0.05, 0.1) is 6.61 Å². The van der Waals surface area contributed by atoms with Crippen LogP contribution in [0.4, 0.5) is 0 Å². The van der Waals surface area contributed by atoms with E-state index in [4.69, 9.17) is 4.74 Å². The summed E-state index contributed by atoms with van der Waals surface area (Å²) in [6.45, 7) is 2.56. The van der Waals surface area contributed by atoms with E-state index in [1.165, 1.54) is 6.42 Å². The standard InChI is InChI=1S/C10H15N3O/c1-2-10(7-14-3-1)13-6-9-4-11-8-12-5-9/h4-5,8,10,13H,1-3,6-7H2. The van der Waals surface area contributed by atoms with Gasteiger partial charge in [0.1, 0.15) is 6.33 Å². The van der Waals surface area contributed by atoms with E-state index in [1.807, 2.05) is 12.4 Å². The topological polar surface area (TPSA) is 47.0 Å². The minimum absolute atomic E-state index is 0.490. The number of ether oxygens (including phenoxy) is 1. The minimum atomic E-state index is 0.490. The zero-order valence-electron chi connectivity index (χ0n) is 8.15. The highest BCUT2D eigenvalue weighted by Gasteiger charge is 2.12. The molecule has 4 nitrogen and oxygen atoms in total. The predicted octanol–water partition coefficient (Wildman–Crippen LogP) is 0.745. The third-order valence-electron chi connectivity index (χ3n) is 2.37. The van der Waals surface area contributed by atoms with Crippen molar-refractivity contribution in [2.24, 2.45) is 0 Å². The molecule has 0 radical (unpaired) electrons. The second kappa shape index (κ2) is 5.02. The third-order valence-corrected chi connectivity index (χ3v) is 2.37. The second-order valence-electron chi connectivity index (χ2n) is 3.54. The fraction of sp³-hybridized carbons (Fsp3) is 0.600. The average Bonchev–Trinajstić information content (AvgIpc) is 2.29. The van der Waals surface area contributed by atoms with E-state index in [0.29, 0.717) is 6.04 Å². The summed E-state index contributed by atoms with van der Waals surface area (Å²) in [5.74, 6) is 0. The van der Waals surface area contributed by atoms with Crippen molar-refractivity contribution < 1.29 is 4.74 Å². The van der Waals surface area contributed by atoms with E-state index in [9.17, 15) is 0 Å². The number of aromatic nitrogens is 2. The van der Waals surface area contributed by atoms with Crippen molar-refractivity contribution >= 4 is 0 Å². The summed E-state index contributed by atoms with van der Waals surface area (Å²) in [7, 11) is 0. The Morgan fingerprint density at radius 3 is 3.00 bits per heavy atom. The van der Waals surface area contributed by atoms with Gasteiger partial charge in [0.25, 0.3) is 0 Å². The normalized spacial score (nSPS) is 22.1. The van der Waals surface area contributed by atoms with Gasteiger partial charge in [-0.15, -0.1) is 0 Å². The molecule has 1 aliphatic rings. The smallest absolute Gasteiger partial charge is 0.115 e. The highest BCUT2D eigenvalue weighted by atomic mass is 16.5. The molecule has 0 aromatic carbocycles.